The van der Waals surface area contributed by atoms with Crippen molar-refractivity contribution < 1.29 is 4.79 Å². The molecular formula is C19H23N7O. The highest BCUT2D eigenvalue weighted by molar-refractivity contribution is 5.76. The molecule has 4 rings (SSSR count). The van der Waals surface area contributed by atoms with Crippen molar-refractivity contribution in [2.45, 2.75) is 45.8 Å². The van der Waals surface area contributed by atoms with Crippen molar-refractivity contribution in [2.24, 2.45) is 0 Å². The number of pyridine rings is 1. The lowest BCUT2D eigenvalue weighted by molar-refractivity contribution is -0.131. The molecule has 4 heterocycles. The van der Waals surface area contributed by atoms with Gasteiger partial charge in [-0.25, -0.2) is 4.98 Å². The van der Waals surface area contributed by atoms with Crippen molar-refractivity contribution in [1.29, 1.82) is 0 Å². The standard InChI is InChI=1S/C19H23N7O/c1-15-4-2-5-16(21-15)6-7-19(27)25-9-3-10-26-17(22-23-18(26)13-25)12-24-11-8-20-14-24/h2,4-5,8,11,14H,3,6-7,9-10,12-13H2,1H3. The molecule has 27 heavy (non-hydrogen) atoms. The summed E-state index contributed by atoms with van der Waals surface area (Å²) in [5.41, 5.74) is 1.94. The molecule has 8 heteroatoms. The summed E-state index contributed by atoms with van der Waals surface area (Å²) >= 11 is 0. The second-order valence-corrected chi connectivity index (χ2v) is 6.86. The van der Waals surface area contributed by atoms with Gasteiger partial charge in [-0.15, -0.1) is 10.2 Å². The molecule has 0 aliphatic carbocycles. The van der Waals surface area contributed by atoms with Crippen LogP contribution in [0.2, 0.25) is 0 Å². The van der Waals surface area contributed by atoms with Crippen LogP contribution in [0.25, 0.3) is 0 Å². The van der Waals surface area contributed by atoms with Crippen LogP contribution in [0.5, 0.6) is 0 Å². The highest BCUT2D eigenvalue weighted by Gasteiger charge is 2.22. The summed E-state index contributed by atoms with van der Waals surface area (Å²) < 4.78 is 4.11. The average Bonchev–Trinajstić information content (AvgIpc) is 3.25. The van der Waals surface area contributed by atoms with Gasteiger partial charge in [-0.1, -0.05) is 6.07 Å². The number of amides is 1. The first-order valence-corrected chi connectivity index (χ1v) is 9.26. The number of rotatable bonds is 5. The molecule has 0 unspecified atom stereocenters. The molecule has 0 radical (unpaired) electrons. The van der Waals surface area contributed by atoms with Gasteiger partial charge in [0.25, 0.3) is 0 Å². The monoisotopic (exact) mass is 365 g/mol. The van der Waals surface area contributed by atoms with E-state index in [2.05, 4.69) is 24.7 Å². The number of carbonyl (C=O) groups excluding carboxylic acids is 1. The van der Waals surface area contributed by atoms with Crippen LogP contribution >= 0.6 is 0 Å². The Balaban J connectivity index is 1.41. The first-order chi connectivity index (χ1) is 13.2. The second kappa shape index (κ2) is 7.69. The quantitative estimate of drug-likeness (QED) is 0.686. The molecule has 0 saturated heterocycles. The minimum atomic E-state index is 0.144. The van der Waals surface area contributed by atoms with E-state index in [1.54, 1.807) is 12.5 Å². The topological polar surface area (TPSA) is 81.7 Å². The Kier molecular flexibility index (Phi) is 4.95. The zero-order valence-corrected chi connectivity index (χ0v) is 15.5. The van der Waals surface area contributed by atoms with Gasteiger partial charge in [0, 0.05) is 43.3 Å². The van der Waals surface area contributed by atoms with Gasteiger partial charge < -0.3 is 14.0 Å². The van der Waals surface area contributed by atoms with Gasteiger partial charge in [-0.3, -0.25) is 9.78 Å². The van der Waals surface area contributed by atoms with E-state index >= 15 is 0 Å². The Morgan fingerprint density at radius 3 is 2.96 bits per heavy atom. The van der Waals surface area contributed by atoms with Gasteiger partial charge >= 0.3 is 0 Å². The number of hydrogen-bond acceptors (Lipinski definition) is 5. The van der Waals surface area contributed by atoms with Crippen LogP contribution in [-0.4, -0.2) is 46.7 Å². The Bertz CT molecular complexity index is 916. The van der Waals surface area contributed by atoms with Crippen LogP contribution in [0.15, 0.2) is 36.9 Å². The predicted molar refractivity (Wildman–Crippen MR) is 98.7 cm³/mol. The molecule has 1 aliphatic rings. The third-order valence-electron chi connectivity index (χ3n) is 4.82. The largest absolute Gasteiger partial charge is 0.335 e. The number of aryl methyl sites for hydroxylation is 2. The molecule has 8 nitrogen and oxygen atoms in total. The van der Waals surface area contributed by atoms with Crippen molar-refractivity contribution in [3.8, 4) is 0 Å². The molecule has 0 aromatic carbocycles. The van der Waals surface area contributed by atoms with Gasteiger partial charge in [0.1, 0.15) is 0 Å². The fourth-order valence-corrected chi connectivity index (χ4v) is 3.42. The van der Waals surface area contributed by atoms with Gasteiger partial charge in [0.05, 0.1) is 19.4 Å². The van der Waals surface area contributed by atoms with Gasteiger partial charge in [0.15, 0.2) is 11.6 Å². The van der Waals surface area contributed by atoms with Crippen molar-refractivity contribution in [3.05, 3.63) is 60.0 Å². The zero-order chi connectivity index (χ0) is 18.6. The minimum Gasteiger partial charge on any atom is -0.335 e. The molecular weight excluding hydrogens is 342 g/mol. The highest BCUT2D eigenvalue weighted by atomic mass is 16.2. The number of aromatic nitrogens is 6. The molecule has 140 valence electrons. The first-order valence-electron chi connectivity index (χ1n) is 9.26. The van der Waals surface area contributed by atoms with E-state index in [1.165, 1.54) is 0 Å². The summed E-state index contributed by atoms with van der Waals surface area (Å²) in [6.07, 6.45) is 7.46. The zero-order valence-electron chi connectivity index (χ0n) is 15.5. The van der Waals surface area contributed by atoms with Crippen LogP contribution in [0, 0.1) is 6.92 Å². The van der Waals surface area contributed by atoms with Crippen molar-refractivity contribution in [2.75, 3.05) is 6.54 Å². The Labute approximate surface area is 157 Å². The highest BCUT2D eigenvalue weighted by Crippen LogP contribution is 2.15. The molecule has 0 spiro atoms. The third-order valence-corrected chi connectivity index (χ3v) is 4.82. The smallest absolute Gasteiger partial charge is 0.223 e. The van der Waals surface area contributed by atoms with Crippen molar-refractivity contribution in [1.82, 2.24) is 34.2 Å². The van der Waals surface area contributed by atoms with Crippen molar-refractivity contribution in [3.63, 3.8) is 0 Å². The number of nitrogens with zero attached hydrogens (tertiary/aromatic N) is 7. The minimum absolute atomic E-state index is 0.144. The summed E-state index contributed by atoms with van der Waals surface area (Å²) in [7, 11) is 0. The van der Waals surface area contributed by atoms with E-state index in [9.17, 15) is 4.79 Å². The van der Waals surface area contributed by atoms with E-state index in [1.807, 2.05) is 40.8 Å². The number of carbonyl (C=O) groups is 1. The van der Waals surface area contributed by atoms with E-state index in [4.69, 9.17) is 0 Å². The maximum absolute atomic E-state index is 12.7. The molecule has 0 bridgehead atoms. The van der Waals surface area contributed by atoms with E-state index in [0.717, 1.165) is 42.5 Å². The lowest BCUT2D eigenvalue weighted by atomic mass is 10.2. The van der Waals surface area contributed by atoms with Crippen LogP contribution in [0.4, 0.5) is 0 Å². The molecule has 3 aromatic heterocycles. The fraction of sp³-hybridized carbons (Fsp3) is 0.421. The number of imidazole rings is 1. The summed E-state index contributed by atoms with van der Waals surface area (Å²) in [5, 5.41) is 8.66. The SMILES string of the molecule is Cc1cccc(CCC(=O)N2CCCn3c(nnc3Cn3ccnc3)C2)n1. The van der Waals surface area contributed by atoms with Crippen LogP contribution in [-0.2, 0) is 30.8 Å². The fourth-order valence-electron chi connectivity index (χ4n) is 3.42. The van der Waals surface area contributed by atoms with E-state index in [0.29, 0.717) is 25.9 Å². The molecule has 1 amide bonds. The van der Waals surface area contributed by atoms with Gasteiger partial charge in [-0.05, 0) is 31.9 Å². The maximum atomic E-state index is 12.7. The summed E-state index contributed by atoms with van der Waals surface area (Å²) in [5.74, 6) is 1.90. The average molecular weight is 365 g/mol. The summed E-state index contributed by atoms with van der Waals surface area (Å²) in [6, 6.07) is 5.92. The summed E-state index contributed by atoms with van der Waals surface area (Å²) in [6.45, 7) is 4.69. The van der Waals surface area contributed by atoms with Gasteiger partial charge in [0.2, 0.25) is 5.91 Å². The van der Waals surface area contributed by atoms with Crippen molar-refractivity contribution >= 4 is 5.91 Å². The lowest BCUT2D eigenvalue weighted by Gasteiger charge is -2.19. The first kappa shape index (κ1) is 17.4. The molecule has 0 fully saturated rings. The molecule has 0 atom stereocenters. The normalized spacial score (nSPS) is 14.0. The van der Waals surface area contributed by atoms with E-state index < -0.39 is 0 Å². The molecule has 1 aliphatic heterocycles. The number of fused-ring (bicyclic) bond motifs is 1. The third kappa shape index (κ3) is 4.05. The number of hydrogen-bond donors (Lipinski definition) is 0. The van der Waals surface area contributed by atoms with Crippen LogP contribution in [0.3, 0.4) is 0 Å². The van der Waals surface area contributed by atoms with Gasteiger partial charge in [-0.2, -0.15) is 0 Å². The van der Waals surface area contributed by atoms with Crippen LogP contribution in [0.1, 0.15) is 35.9 Å². The molecule has 0 saturated carbocycles. The predicted octanol–water partition coefficient (Wildman–Crippen LogP) is 1.59. The van der Waals surface area contributed by atoms with E-state index in [-0.39, 0.29) is 5.91 Å². The molecule has 0 N–H and O–H groups in total. The maximum Gasteiger partial charge on any atom is 0.223 e. The Hall–Kier alpha value is -3.03. The molecule has 3 aromatic rings. The lowest BCUT2D eigenvalue weighted by Crippen LogP contribution is -2.31. The Morgan fingerprint density at radius 2 is 2.15 bits per heavy atom. The summed E-state index contributed by atoms with van der Waals surface area (Å²) in [4.78, 5) is 23.1. The second-order valence-electron chi connectivity index (χ2n) is 6.86. The Morgan fingerprint density at radius 1 is 1.22 bits per heavy atom. The van der Waals surface area contributed by atoms with Crippen LogP contribution < -0.4 is 0 Å².